The molecule has 158 valence electrons. The normalized spacial score (nSPS) is 15.0. The SMILES string of the molecule is CCN1C(=N)C(NC(=O)c2ccn(Cc3cccc(C(F)(F)F)c3)n2)=C(O)CC1=O. The van der Waals surface area contributed by atoms with Crippen LogP contribution in [0, 0.1) is 5.41 Å². The fraction of sp³-hybridized carbons (Fsp3) is 0.263. The summed E-state index contributed by atoms with van der Waals surface area (Å²) in [5.74, 6) is -1.94. The number of amidine groups is 1. The van der Waals surface area contributed by atoms with E-state index in [9.17, 15) is 27.9 Å². The number of amides is 2. The number of aliphatic hydroxyl groups is 1. The van der Waals surface area contributed by atoms with Crippen LogP contribution in [0.15, 0.2) is 48.0 Å². The Bertz CT molecular complexity index is 1040. The summed E-state index contributed by atoms with van der Waals surface area (Å²) in [6.45, 7) is 1.87. The number of nitrogens with one attached hydrogen (secondary N) is 2. The molecule has 0 spiro atoms. The summed E-state index contributed by atoms with van der Waals surface area (Å²) in [6, 6.07) is 6.13. The number of aromatic nitrogens is 2. The van der Waals surface area contributed by atoms with Gasteiger partial charge in [-0.05, 0) is 30.7 Å². The van der Waals surface area contributed by atoms with Crippen molar-refractivity contribution < 1.29 is 27.9 Å². The predicted octanol–water partition coefficient (Wildman–Crippen LogP) is 2.68. The average molecular weight is 421 g/mol. The number of likely N-dealkylation sites (N-methyl/N-ethyl adjacent to an activating group) is 1. The van der Waals surface area contributed by atoms with Crippen LogP contribution in [-0.4, -0.2) is 44.0 Å². The number of hydrogen-bond donors (Lipinski definition) is 3. The second kappa shape index (κ2) is 8.01. The van der Waals surface area contributed by atoms with Crippen LogP contribution in [0.25, 0.3) is 0 Å². The Balaban J connectivity index is 1.74. The van der Waals surface area contributed by atoms with Gasteiger partial charge in [-0.15, -0.1) is 0 Å². The maximum absolute atomic E-state index is 12.8. The Morgan fingerprint density at radius 3 is 2.73 bits per heavy atom. The van der Waals surface area contributed by atoms with Crippen LogP contribution in [0.1, 0.15) is 35.0 Å². The molecule has 0 atom stereocenters. The van der Waals surface area contributed by atoms with Gasteiger partial charge >= 0.3 is 6.18 Å². The summed E-state index contributed by atoms with van der Waals surface area (Å²) in [5, 5.41) is 24.4. The van der Waals surface area contributed by atoms with Gasteiger partial charge in [-0.25, -0.2) is 0 Å². The van der Waals surface area contributed by atoms with E-state index in [1.165, 1.54) is 29.1 Å². The van der Waals surface area contributed by atoms with Gasteiger partial charge in [0.1, 0.15) is 11.5 Å². The zero-order valence-electron chi connectivity index (χ0n) is 15.8. The fourth-order valence-corrected chi connectivity index (χ4v) is 2.97. The molecule has 1 aromatic carbocycles. The molecule has 0 aliphatic carbocycles. The highest BCUT2D eigenvalue weighted by Gasteiger charge is 2.31. The highest BCUT2D eigenvalue weighted by atomic mass is 19.4. The summed E-state index contributed by atoms with van der Waals surface area (Å²) >= 11 is 0. The van der Waals surface area contributed by atoms with Crippen LogP contribution in [-0.2, 0) is 17.5 Å². The van der Waals surface area contributed by atoms with Crippen LogP contribution < -0.4 is 5.32 Å². The van der Waals surface area contributed by atoms with Crippen molar-refractivity contribution in [2.24, 2.45) is 0 Å². The standard InChI is InChI=1S/C19H18F3N5O3/c1-2-27-15(29)9-14(28)16(17(27)23)24-18(30)13-6-7-26(25-13)10-11-4-3-5-12(8-11)19(20,21)22/h3-8,23,28H,2,9-10H2,1H3,(H,24,30). The van der Waals surface area contributed by atoms with Gasteiger partial charge < -0.3 is 10.4 Å². The molecule has 0 bridgehead atoms. The first-order chi connectivity index (χ1) is 14.1. The van der Waals surface area contributed by atoms with Crippen LogP contribution in [0.5, 0.6) is 0 Å². The van der Waals surface area contributed by atoms with E-state index in [0.717, 1.165) is 17.0 Å². The second-order valence-electron chi connectivity index (χ2n) is 6.54. The van der Waals surface area contributed by atoms with E-state index < -0.39 is 29.3 Å². The van der Waals surface area contributed by atoms with Gasteiger partial charge in [0.05, 0.1) is 18.5 Å². The van der Waals surface area contributed by atoms with Gasteiger partial charge in [-0.3, -0.25) is 24.6 Å². The Morgan fingerprint density at radius 1 is 1.33 bits per heavy atom. The summed E-state index contributed by atoms with van der Waals surface area (Å²) < 4.78 is 39.8. The van der Waals surface area contributed by atoms with Gasteiger partial charge in [0.25, 0.3) is 5.91 Å². The van der Waals surface area contributed by atoms with E-state index in [1.54, 1.807) is 6.92 Å². The Morgan fingerprint density at radius 2 is 2.07 bits per heavy atom. The number of halogens is 3. The van der Waals surface area contributed by atoms with Gasteiger partial charge in [-0.1, -0.05) is 12.1 Å². The lowest BCUT2D eigenvalue weighted by Gasteiger charge is -2.28. The average Bonchev–Trinajstić information content (AvgIpc) is 3.13. The molecule has 1 aromatic heterocycles. The van der Waals surface area contributed by atoms with Crippen molar-refractivity contribution in [2.75, 3.05) is 6.54 Å². The Hall–Kier alpha value is -3.63. The summed E-state index contributed by atoms with van der Waals surface area (Å²) in [5.41, 5.74) is -0.673. The van der Waals surface area contributed by atoms with E-state index in [1.807, 2.05) is 0 Å². The van der Waals surface area contributed by atoms with Crippen molar-refractivity contribution in [3.63, 3.8) is 0 Å². The molecule has 0 saturated carbocycles. The minimum atomic E-state index is -4.46. The number of hydrogen-bond acceptors (Lipinski definition) is 5. The lowest BCUT2D eigenvalue weighted by Crippen LogP contribution is -2.45. The lowest BCUT2D eigenvalue weighted by molar-refractivity contribution is -0.137. The van der Waals surface area contributed by atoms with E-state index in [4.69, 9.17) is 5.41 Å². The third-order valence-corrected chi connectivity index (χ3v) is 4.44. The quantitative estimate of drug-likeness (QED) is 0.689. The molecular formula is C19H18F3N5O3. The monoisotopic (exact) mass is 421 g/mol. The van der Waals surface area contributed by atoms with E-state index in [-0.39, 0.29) is 36.7 Å². The molecule has 8 nitrogen and oxygen atoms in total. The van der Waals surface area contributed by atoms with Crippen LogP contribution in [0.3, 0.4) is 0 Å². The molecule has 0 radical (unpaired) electrons. The number of benzene rings is 1. The number of rotatable bonds is 5. The summed E-state index contributed by atoms with van der Waals surface area (Å²) in [6.07, 6.45) is -3.37. The van der Waals surface area contributed by atoms with Crippen molar-refractivity contribution in [3.8, 4) is 0 Å². The molecule has 11 heteroatoms. The minimum Gasteiger partial charge on any atom is -0.509 e. The molecule has 0 unspecified atom stereocenters. The first kappa shape index (κ1) is 21.1. The Kier molecular flexibility index (Phi) is 5.63. The van der Waals surface area contributed by atoms with Crippen LogP contribution >= 0.6 is 0 Å². The van der Waals surface area contributed by atoms with E-state index in [2.05, 4.69) is 10.4 Å². The highest BCUT2D eigenvalue weighted by molar-refractivity contribution is 6.12. The molecule has 1 aliphatic heterocycles. The molecule has 3 N–H and O–H groups in total. The largest absolute Gasteiger partial charge is 0.509 e. The number of aliphatic hydroxyl groups excluding tert-OH is 1. The zero-order chi connectivity index (χ0) is 22.1. The van der Waals surface area contributed by atoms with Gasteiger partial charge in [0.2, 0.25) is 5.91 Å². The molecule has 30 heavy (non-hydrogen) atoms. The van der Waals surface area contributed by atoms with Crippen LogP contribution in [0.2, 0.25) is 0 Å². The molecule has 3 rings (SSSR count). The number of nitrogens with zero attached hydrogens (tertiary/aromatic N) is 3. The second-order valence-corrected chi connectivity index (χ2v) is 6.54. The smallest absolute Gasteiger partial charge is 0.416 e. The van der Waals surface area contributed by atoms with E-state index in [0.29, 0.717) is 5.56 Å². The number of alkyl halides is 3. The minimum absolute atomic E-state index is 0.0130. The predicted molar refractivity (Wildman–Crippen MR) is 99.6 cm³/mol. The van der Waals surface area contributed by atoms with Crippen molar-refractivity contribution in [1.82, 2.24) is 20.0 Å². The molecule has 2 aromatic rings. The van der Waals surface area contributed by atoms with Gasteiger partial charge in [0, 0.05) is 12.7 Å². The first-order valence-electron chi connectivity index (χ1n) is 8.92. The molecule has 0 fully saturated rings. The third kappa shape index (κ3) is 4.34. The first-order valence-corrected chi connectivity index (χ1v) is 8.92. The molecule has 1 aliphatic rings. The molecular weight excluding hydrogens is 403 g/mol. The van der Waals surface area contributed by atoms with Crippen molar-refractivity contribution in [2.45, 2.75) is 26.1 Å². The summed E-state index contributed by atoms with van der Waals surface area (Å²) in [4.78, 5) is 25.4. The maximum Gasteiger partial charge on any atom is 0.416 e. The van der Waals surface area contributed by atoms with Crippen molar-refractivity contribution in [1.29, 1.82) is 5.41 Å². The maximum atomic E-state index is 12.8. The molecule has 0 saturated heterocycles. The van der Waals surface area contributed by atoms with Gasteiger partial charge in [0.15, 0.2) is 11.5 Å². The Labute approximate surface area is 169 Å². The highest BCUT2D eigenvalue weighted by Crippen LogP contribution is 2.29. The zero-order valence-corrected chi connectivity index (χ0v) is 15.8. The van der Waals surface area contributed by atoms with Crippen LogP contribution in [0.4, 0.5) is 13.2 Å². The van der Waals surface area contributed by atoms with Gasteiger partial charge in [-0.2, -0.15) is 18.3 Å². The fourth-order valence-electron chi connectivity index (χ4n) is 2.97. The number of carbonyl (C=O) groups excluding carboxylic acids is 2. The summed E-state index contributed by atoms with van der Waals surface area (Å²) in [7, 11) is 0. The molecule has 2 amide bonds. The number of carbonyl (C=O) groups is 2. The topological polar surface area (TPSA) is 111 Å². The van der Waals surface area contributed by atoms with E-state index >= 15 is 0 Å². The van der Waals surface area contributed by atoms with Crippen molar-refractivity contribution in [3.05, 3.63) is 64.8 Å². The lowest BCUT2D eigenvalue weighted by atomic mass is 10.1. The third-order valence-electron chi connectivity index (χ3n) is 4.44. The van der Waals surface area contributed by atoms with Crippen molar-refractivity contribution >= 4 is 17.6 Å². The molecule has 2 heterocycles.